The third-order valence-corrected chi connectivity index (χ3v) is 5.22. The van der Waals surface area contributed by atoms with Crippen molar-refractivity contribution in [3.8, 4) is 0 Å². The first-order valence-corrected chi connectivity index (χ1v) is 9.06. The molecule has 2 aromatic rings. The Morgan fingerprint density at radius 2 is 2.00 bits per heavy atom. The predicted octanol–water partition coefficient (Wildman–Crippen LogP) is -0.108. The molecule has 0 spiro atoms. The van der Waals surface area contributed by atoms with E-state index in [1.165, 1.54) is 0 Å². The number of rotatable bonds is 4. The maximum absolute atomic E-state index is 12.5. The molecule has 0 amide bonds. The summed E-state index contributed by atoms with van der Waals surface area (Å²) in [5.41, 5.74) is 3.71. The number of benzene rings is 1. The first-order valence-electron chi connectivity index (χ1n) is 9.06. The zero-order chi connectivity index (χ0) is 19.8. The third kappa shape index (κ3) is 3.36. The number of carbonyl (C=O) groups is 1. The van der Waals surface area contributed by atoms with Gasteiger partial charge in [0.1, 0.15) is 24.4 Å². The van der Waals surface area contributed by atoms with Crippen LogP contribution >= 0.6 is 0 Å². The summed E-state index contributed by atoms with van der Waals surface area (Å²) in [5, 5.41) is 42.5. The molecule has 0 saturated carbocycles. The van der Waals surface area contributed by atoms with E-state index in [4.69, 9.17) is 9.84 Å². The molecule has 148 valence electrons. The number of carbonyl (C=O) groups excluding carboxylic acids is 1. The Bertz CT molecular complexity index is 894. The van der Waals surface area contributed by atoms with Gasteiger partial charge >= 0.3 is 0 Å². The highest BCUT2D eigenvalue weighted by Gasteiger charge is 2.43. The number of ketones is 1. The van der Waals surface area contributed by atoms with Gasteiger partial charge in [0.15, 0.2) is 12.1 Å². The molecule has 28 heavy (non-hydrogen) atoms. The Labute approximate surface area is 161 Å². The summed E-state index contributed by atoms with van der Waals surface area (Å²) in [6, 6.07) is 8.09. The number of ether oxygens (including phenoxy) is 1. The van der Waals surface area contributed by atoms with E-state index in [1.807, 2.05) is 24.3 Å². The zero-order valence-electron chi connectivity index (χ0n) is 14.9. The lowest BCUT2D eigenvalue weighted by atomic mass is 9.89. The average molecular weight is 386 g/mol. The number of aromatic amines is 1. The Kier molecular flexibility index (Phi) is 5.05. The summed E-state index contributed by atoms with van der Waals surface area (Å²) < 4.78 is 5.15. The van der Waals surface area contributed by atoms with E-state index in [1.54, 1.807) is 18.3 Å². The fraction of sp³-hybridized carbons (Fsp3) is 0.350. The van der Waals surface area contributed by atoms with Crippen LogP contribution in [0.25, 0.3) is 11.6 Å². The molecule has 8 nitrogen and oxygen atoms in total. The van der Waals surface area contributed by atoms with Crippen molar-refractivity contribution in [1.82, 2.24) is 4.98 Å². The number of aromatic nitrogens is 1. The number of allylic oxidation sites excluding steroid dienone is 1. The van der Waals surface area contributed by atoms with Crippen LogP contribution in [0.15, 0.2) is 36.5 Å². The lowest BCUT2D eigenvalue weighted by Crippen LogP contribution is -2.61. The van der Waals surface area contributed by atoms with Crippen LogP contribution in [0.1, 0.15) is 16.8 Å². The van der Waals surface area contributed by atoms with E-state index >= 15 is 0 Å². The van der Waals surface area contributed by atoms with Gasteiger partial charge in [-0.3, -0.25) is 4.79 Å². The van der Waals surface area contributed by atoms with Crippen molar-refractivity contribution in [2.75, 3.05) is 11.9 Å². The number of hydrogen-bond donors (Lipinski definition) is 6. The average Bonchev–Trinajstić information content (AvgIpc) is 3.22. The summed E-state index contributed by atoms with van der Waals surface area (Å²) >= 11 is 0. The molecule has 6 N–H and O–H groups in total. The van der Waals surface area contributed by atoms with Crippen molar-refractivity contribution in [1.29, 1.82) is 0 Å². The Balaban J connectivity index is 1.56. The molecule has 0 radical (unpaired) electrons. The topological polar surface area (TPSA) is 135 Å². The van der Waals surface area contributed by atoms with Gasteiger partial charge in [-0.15, -0.1) is 0 Å². The Morgan fingerprint density at radius 3 is 2.71 bits per heavy atom. The smallest absolute Gasteiger partial charge is 0.178 e. The van der Waals surface area contributed by atoms with E-state index < -0.39 is 37.3 Å². The number of anilines is 1. The van der Waals surface area contributed by atoms with E-state index in [-0.39, 0.29) is 12.2 Å². The monoisotopic (exact) mass is 386 g/mol. The molecule has 8 heteroatoms. The van der Waals surface area contributed by atoms with Crippen molar-refractivity contribution >= 4 is 23.1 Å². The number of aliphatic hydroxyl groups is 4. The quantitative estimate of drug-likeness (QED) is 0.432. The van der Waals surface area contributed by atoms with Crippen LogP contribution in [-0.4, -0.2) is 68.4 Å². The highest BCUT2D eigenvalue weighted by molar-refractivity contribution is 6.27. The standard InChI is InChI=1S/C20H22N2O6/c23-9-16-18(25)19(26)17(20(27)28-16)22-12-4-3-10-7-13(14-2-1-5-21-14)15(24)8-11(10)6-12/h1-7,16-23,25-27H,8-9H2/t16?,17?,18-,19-,20-/m0/s1. The van der Waals surface area contributed by atoms with Crippen molar-refractivity contribution in [2.45, 2.75) is 37.1 Å². The van der Waals surface area contributed by atoms with Crippen LogP contribution in [0.5, 0.6) is 0 Å². The molecule has 5 atom stereocenters. The summed E-state index contributed by atoms with van der Waals surface area (Å²) in [6.07, 6.45) is -1.30. The first-order chi connectivity index (χ1) is 13.5. The van der Waals surface area contributed by atoms with Crippen LogP contribution in [-0.2, 0) is 16.0 Å². The molecule has 1 aromatic heterocycles. The lowest BCUT2D eigenvalue weighted by Gasteiger charge is -2.40. The molecular weight excluding hydrogens is 364 g/mol. The maximum Gasteiger partial charge on any atom is 0.178 e. The van der Waals surface area contributed by atoms with Crippen molar-refractivity contribution in [3.05, 3.63) is 53.3 Å². The molecule has 2 heterocycles. The van der Waals surface area contributed by atoms with Gasteiger partial charge in [-0.05, 0) is 41.5 Å². The van der Waals surface area contributed by atoms with Gasteiger partial charge in [-0.2, -0.15) is 0 Å². The second-order valence-corrected chi connectivity index (χ2v) is 7.05. The molecule has 1 aromatic carbocycles. The number of aliphatic hydroxyl groups excluding tert-OH is 4. The van der Waals surface area contributed by atoms with Gasteiger partial charge in [-0.1, -0.05) is 6.07 Å². The van der Waals surface area contributed by atoms with Crippen molar-refractivity contribution < 1.29 is 30.0 Å². The summed E-state index contributed by atoms with van der Waals surface area (Å²) in [5.74, 6) is -0.00520. The van der Waals surface area contributed by atoms with Crippen LogP contribution < -0.4 is 5.32 Å². The molecule has 0 bridgehead atoms. The molecule has 1 fully saturated rings. The summed E-state index contributed by atoms with van der Waals surface area (Å²) in [6.45, 7) is -0.515. The van der Waals surface area contributed by atoms with Crippen molar-refractivity contribution in [2.24, 2.45) is 0 Å². The molecule has 4 rings (SSSR count). The van der Waals surface area contributed by atoms with Gasteiger partial charge in [-0.25, -0.2) is 0 Å². The third-order valence-electron chi connectivity index (χ3n) is 5.22. The molecule has 1 saturated heterocycles. The van der Waals surface area contributed by atoms with Crippen LogP contribution in [0.3, 0.4) is 0 Å². The van der Waals surface area contributed by atoms with Crippen LogP contribution in [0, 0.1) is 0 Å². The molecule has 2 unspecified atom stereocenters. The van der Waals surface area contributed by atoms with E-state index in [2.05, 4.69) is 10.3 Å². The first kappa shape index (κ1) is 18.9. The zero-order valence-corrected chi connectivity index (χ0v) is 14.9. The van der Waals surface area contributed by atoms with E-state index in [0.717, 1.165) is 16.8 Å². The largest absolute Gasteiger partial charge is 0.394 e. The minimum absolute atomic E-state index is 0.00520. The molecule has 1 aliphatic heterocycles. The van der Waals surface area contributed by atoms with Crippen molar-refractivity contribution in [3.63, 3.8) is 0 Å². The Morgan fingerprint density at radius 1 is 1.18 bits per heavy atom. The maximum atomic E-state index is 12.5. The fourth-order valence-corrected chi connectivity index (χ4v) is 3.66. The second-order valence-electron chi connectivity index (χ2n) is 7.05. The van der Waals surface area contributed by atoms with Gasteiger partial charge < -0.3 is 35.5 Å². The number of H-pyrrole nitrogens is 1. The molecular formula is C20H22N2O6. The molecule has 2 aliphatic rings. The van der Waals surface area contributed by atoms with Gasteiger partial charge in [0.25, 0.3) is 0 Å². The summed E-state index contributed by atoms with van der Waals surface area (Å²) in [4.78, 5) is 15.6. The summed E-state index contributed by atoms with van der Waals surface area (Å²) in [7, 11) is 0. The second kappa shape index (κ2) is 7.50. The Hall–Kier alpha value is -2.49. The lowest BCUT2D eigenvalue weighted by molar-refractivity contribution is -0.245. The van der Waals surface area contributed by atoms with Crippen LogP contribution in [0.4, 0.5) is 5.69 Å². The van der Waals surface area contributed by atoms with Crippen LogP contribution in [0.2, 0.25) is 0 Å². The predicted molar refractivity (Wildman–Crippen MR) is 101 cm³/mol. The normalized spacial score (nSPS) is 29.9. The van der Waals surface area contributed by atoms with Gasteiger partial charge in [0, 0.05) is 29.6 Å². The number of nitrogens with one attached hydrogen (secondary N) is 2. The minimum Gasteiger partial charge on any atom is -0.394 e. The number of Topliss-reactive ketones (excluding diaryl/α,β-unsaturated/α-hetero) is 1. The highest BCUT2D eigenvalue weighted by atomic mass is 16.6. The highest BCUT2D eigenvalue weighted by Crippen LogP contribution is 2.30. The number of fused-ring (bicyclic) bond motifs is 1. The number of hydrogen-bond acceptors (Lipinski definition) is 7. The minimum atomic E-state index is -1.41. The van der Waals surface area contributed by atoms with Gasteiger partial charge in [0.2, 0.25) is 0 Å². The molecule has 1 aliphatic carbocycles. The van der Waals surface area contributed by atoms with E-state index in [0.29, 0.717) is 11.3 Å². The fourth-order valence-electron chi connectivity index (χ4n) is 3.66. The van der Waals surface area contributed by atoms with Gasteiger partial charge in [0.05, 0.1) is 6.61 Å². The SMILES string of the molecule is O=C1Cc2cc(NC3[C@@H](O)OC(CO)[C@H](O)[C@H]3O)ccc2C=C1c1ccc[nH]1. The van der Waals surface area contributed by atoms with E-state index in [9.17, 15) is 20.1 Å².